The van der Waals surface area contributed by atoms with Gasteiger partial charge >= 0.3 is 6.43 Å². The number of ether oxygens (including phenoxy) is 1. The van der Waals surface area contributed by atoms with Gasteiger partial charge in [0.1, 0.15) is 11.5 Å². The van der Waals surface area contributed by atoms with Crippen molar-refractivity contribution in [3.63, 3.8) is 0 Å². The third-order valence-electron chi connectivity index (χ3n) is 4.59. The third-order valence-corrected chi connectivity index (χ3v) is 4.59. The van der Waals surface area contributed by atoms with E-state index < -0.39 is 12.3 Å². The standard InChI is InChI=1S/C13H15F2NO.C13H16O.C2H5N.2C2H6/c1-4-10-5-7-11(8-6-10)9(2)17-13(16-3)12(14)15;1-9(2)12-5-6-13(8-11(4)14)10(3)7-12;1-3-2;2*1-2/h5-8,12H,2,4H2,1,3H3;5-7H,1,8H2,2-4H3;1H2,2H3;2*1-2H3. The van der Waals surface area contributed by atoms with Crippen LogP contribution in [0.15, 0.2) is 65.6 Å². The quantitative estimate of drug-likeness (QED) is 0.204. The van der Waals surface area contributed by atoms with Gasteiger partial charge in [0, 0.05) is 26.1 Å². The van der Waals surface area contributed by atoms with Gasteiger partial charge in [0.15, 0.2) is 0 Å². The van der Waals surface area contributed by atoms with Gasteiger partial charge in [0.05, 0.1) is 0 Å². The van der Waals surface area contributed by atoms with E-state index in [-0.39, 0.29) is 11.5 Å². The van der Waals surface area contributed by atoms with Crippen molar-refractivity contribution in [1.29, 1.82) is 0 Å². The van der Waals surface area contributed by atoms with E-state index in [9.17, 15) is 13.6 Å². The van der Waals surface area contributed by atoms with Gasteiger partial charge in [0.2, 0.25) is 0 Å². The maximum Gasteiger partial charge on any atom is 0.312 e. The molecule has 0 aliphatic rings. The van der Waals surface area contributed by atoms with Gasteiger partial charge in [-0.1, -0.05) is 95.8 Å². The normalized spacial score (nSPS) is 9.55. The average molecular weight is 531 g/mol. The summed E-state index contributed by atoms with van der Waals surface area (Å²) in [6, 6.07) is 13.5. The largest absolute Gasteiger partial charge is 0.438 e. The molecule has 4 nitrogen and oxygen atoms in total. The Balaban J connectivity index is -0.000000527. The molecule has 0 spiro atoms. The Labute approximate surface area is 230 Å². The van der Waals surface area contributed by atoms with E-state index in [1.807, 2.05) is 72.7 Å². The van der Waals surface area contributed by atoms with Gasteiger partial charge < -0.3 is 9.73 Å². The van der Waals surface area contributed by atoms with Crippen LogP contribution in [0.3, 0.4) is 0 Å². The molecule has 2 aromatic carbocycles. The highest BCUT2D eigenvalue weighted by molar-refractivity contribution is 5.84. The fraction of sp³-hybridized carbons (Fsp3) is 0.406. The number of carbonyl (C=O) groups excluding carboxylic acids is 1. The predicted octanol–water partition coefficient (Wildman–Crippen LogP) is 9.06. The van der Waals surface area contributed by atoms with E-state index >= 15 is 0 Å². The second-order valence-electron chi connectivity index (χ2n) is 7.55. The zero-order valence-electron chi connectivity index (χ0n) is 25.1. The molecule has 0 saturated carbocycles. The van der Waals surface area contributed by atoms with Crippen LogP contribution in [0.5, 0.6) is 0 Å². The first-order valence-electron chi connectivity index (χ1n) is 12.8. The molecule has 0 heterocycles. The number of aliphatic imine (C=N–C) groups is 2. The molecule has 0 saturated heterocycles. The van der Waals surface area contributed by atoms with E-state index in [4.69, 9.17) is 4.74 Å². The summed E-state index contributed by atoms with van der Waals surface area (Å²) >= 11 is 0. The Bertz CT molecular complexity index is 995. The number of Topliss-reactive ketones (excluding diaryl/α,β-unsaturated/α-hetero) is 1. The number of hydrogen-bond acceptors (Lipinski definition) is 4. The number of benzene rings is 2. The molecule has 0 amide bonds. The molecule has 0 atom stereocenters. The van der Waals surface area contributed by atoms with E-state index in [1.165, 1.54) is 18.2 Å². The van der Waals surface area contributed by atoms with E-state index in [0.29, 0.717) is 12.0 Å². The van der Waals surface area contributed by atoms with E-state index in [2.05, 4.69) is 35.9 Å². The lowest BCUT2D eigenvalue weighted by Gasteiger charge is -2.10. The first kappa shape index (κ1) is 39.1. The molecule has 212 valence electrons. The summed E-state index contributed by atoms with van der Waals surface area (Å²) in [5.74, 6) is -0.237. The molecule has 0 aliphatic carbocycles. The van der Waals surface area contributed by atoms with Crippen LogP contribution in [0.25, 0.3) is 11.3 Å². The zero-order valence-corrected chi connectivity index (χ0v) is 25.1. The fourth-order valence-corrected chi connectivity index (χ4v) is 2.73. The number of rotatable bonds is 7. The Hall–Kier alpha value is -3.41. The summed E-state index contributed by atoms with van der Waals surface area (Å²) in [4.78, 5) is 17.6. The number of nitrogens with zero attached hydrogens (tertiary/aromatic N) is 2. The van der Waals surface area contributed by atoms with Gasteiger partial charge in [0.25, 0.3) is 5.90 Å². The van der Waals surface area contributed by atoms with Crippen LogP contribution in [0.2, 0.25) is 0 Å². The minimum Gasteiger partial charge on any atom is -0.438 e. The summed E-state index contributed by atoms with van der Waals surface area (Å²) in [7, 11) is 2.90. The predicted molar refractivity (Wildman–Crippen MR) is 164 cm³/mol. The molecule has 2 aromatic rings. The summed E-state index contributed by atoms with van der Waals surface area (Å²) < 4.78 is 29.7. The Morgan fingerprint density at radius 2 is 1.42 bits per heavy atom. The highest BCUT2D eigenvalue weighted by Crippen LogP contribution is 2.18. The first-order valence-corrected chi connectivity index (χ1v) is 12.8. The van der Waals surface area contributed by atoms with Gasteiger partial charge in [-0.25, -0.2) is 0 Å². The SMILES string of the molecule is C=C(C)c1ccc(CC(C)=O)c(C)c1.C=C(OC(=NC)C(F)F)c1ccc(CC)cc1.C=NC.CC.CC. The Kier molecular flexibility index (Phi) is 24.7. The zero-order chi connectivity index (χ0) is 30.3. The smallest absolute Gasteiger partial charge is 0.312 e. The molecular formula is C32H48F2N2O2. The van der Waals surface area contributed by atoms with E-state index in [1.54, 1.807) is 26.1 Å². The second-order valence-corrected chi connectivity index (χ2v) is 7.55. The maximum absolute atomic E-state index is 12.4. The highest BCUT2D eigenvalue weighted by Gasteiger charge is 2.16. The fourth-order valence-electron chi connectivity index (χ4n) is 2.73. The third kappa shape index (κ3) is 17.1. The Morgan fingerprint density at radius 1 is 0.947 bits per heavy atom. The number of aryl methyl sites for hydroxylation is 2. The van der Waals surface area contributed by atoms with Crippen molar-refractivity contribution in [3.8, 4) is 0 Å². The number of ketones is 1. The average Bonchev–Trinajstić information content (AvgIpc) is 2.91. The van der Waals surface area contributed by atoms with Crippen molar-refractivity contribution in [2.45, 2.75) is 74.7 Å². The van der Waals surface area contributed by atoms with Crippen molar-refractivity contribution in [1.82, 2.24) is 0 Å². The molecular weight excluding hydrogens is 482 g/mol. The van der Waals surface area contributed by atoms with Crippen LogP contribution in [-0.2, 0) is 22.4 Å². The molecule has 0 fully saturated rings. The lowest BCUT2D eigenvalue weighted by atomic mass is 9.99. The molecule has 0 aliphatic heterocycles. The van der Waals surface area contributed by atoms with Gasteiger partial charge in [-0.2, -0.15) is 8.78 Å². The minimum absolute atomic E-state index is 0.175. The van der Waals surface area contributed by atoms with Gasteiger partial charge in [-0.3, -0.25) is 9.79 Å². The van der Waals surface area contributed by atoms with Crippen LogP contribution in [0, 0.1) is 6.92 Å². The second kappa shape index (κ2) is 24.0. The molecule has 0 radical (unpaired) electrons. The minimum atomic E-state index is -2.73. The number of carbonyl (C=O) groups is 1. The molecule has 6 heteroatoms. The van der Waals surface area contributed by atoms with Crippen molar-refractivity contribution < 1.29 is 18.3 Å². The monoisotopic (exact) mass is 530 g/mol. The van der Waals surface area contributed by atoms with Crippen LogP contribution in [-0.4, -0.2) is 38.9 Å². The van der Waals surface area contributed by atoms with Crippen LogP contribution >= 0.6 is 0 Å². The topological polar surface area (TPSA) is 51.0 Å². The van der Waals surface area contributed by atoms with Crippen molar-refractivity contribution in [2.24, 2.45) is 9.98 Å². The van der Waals surface area contributed by atoms with Gasteiger partial charge in [-0.05, 0) is 56.2 Å². The van der Waals surface area contributed by atoms with Gasteiger partial charge in [-0.15, -0.1) is 0 Å². The highest BCUT2D eigenvalue weighted by atomic mass is 19.3. The summed E-state index contributed by atoms with van der Waals surface area (Å²) in [5.41, 5.74) is 6.32. The molecule has 0 N–H and O–H groups in total. The molecule has 38 heavy (non-hydrogen) atoms. The summed E-state index contributed by atoms with van der Waals surface area (Å²) in [5, 5.41) is 0. The van der Waals surface area contributed by atoms with Crippen LogP contribution in [0.1, 0.15) is 76.3 Å². The van der Waals surface area contributed by atoms with Crippen molar-refractivity contribution >= 4 is 29.7 Å². The number of allylic oxidation sites excluding steroid dienone is 1. The molecule has 2 rings (SSSR count). The number of alkyl halides is 2. The lowest BCUT2D eigenvalue weighted by Crippen LogP contribution is -2.13. The summed E-state index contributed by atoms with van der Waals surface area (Å²) in [6.07, 6.45) is -1.28. The maximum atomic E-state index is 12.4. The molecule has 0 unspecified atom stereocenters. The van der Waals surface area contributed by atoms with Crippen molar-refractivity contribution in [3.05, 3.63) is 83.4 Å². The Morgan fingerprint density at radius 3 is 1.76 bits per heavy atom. The molecule has 0 aromatic heterocycles. The molecule has 0 bridgehead atoms. The lowest BCUT2D eigenvalue weighted by molar-refractivity contribution is -0.116. The number of hydrogen-bond donors (Lipinski definition) is 0. The van der Waals surface area contributed by atoms with Crippen molar-refractivity contribution in [2.75, 3.05) is 14.1 Å². The van der Waals surface area contributed by atoms with Crippen LogP contribution in [0.4, 0.5) is 8.78 Å². The number of halogens is 2. The summed E-state index contributed by atoms with van der Waals surface area (Å²) in [6.45, 7) is 26.3. The first-order chi connectivity index (χ1) is 18.0. The van der Waals surface area contributed by atoms with E-state index in [0.717, 1.165) is 23.1 Å². The van der Waals surface area contributed by atoms with Crippen LogP contribution < -0.4 is 0 Å².